The van der Waals surface area contributed by atoms with Gasteiger partial charge in [0.1, 0.15) is 0 Å². The van der Waals surface area contributed by atoms with Gasteiger partial charge in [-0.25, -0.2) is 0 Å². The molecule has 0 spiro atoms. The Morgan fingerprint density at radius 2 is 2.00 bits per heavy atom. The second-order valence-electron chi connectivity index (χ2n) is 7.11. The number of hydrogen-bond acceptors (Lipinski definition) is 4. The van der Waals surface area contributed by atoms with E-state index in [0.29, 0.717) is 12.1 Å². The normalized spacial score (nSPS) is 27.4. The van der Waals surface area contributed by atoms with Gasteiger partial charge in [0.15, 0.2) is 0 Å². The molecular weight excluding hydrogens is 262 g/mol. The van der Waals surface area contributed by atoms with Crippen molar-refractivity contribution >= 4 is 0 Å². The van der Waals surface area contributed by atoms with Crippen LogP contribution in [-0.4, -0.2) is 66.8 Å². The van der Waals surface area contributed by atoms with E-state index in [1.54, 1.807) is 0 Å². The monoisotopic (exact) mass is 297 g/mol. The van der Waals surface area contributed by atoms with Crippen LogP contribution in [0.15, 0.2) is 0 Å². The van der Waals surface area contributed by atoms with Crippen LogP contribution in [0.3, 0.4) is 0 Å². The van der Waals surface area contributed by atoms with Gasteiger partial charge >= 0.3 is 0 Å². The molecule has 2 fully saturated rings. The van der Waals surface area contributed by atoms with E-state index < -0.39 is 0 Å². The lowest BCUT2D eigenvalue weighted by atomic mass is 9.80. The third-order valence-corrected chi connectivity index (χ3v) is 5.54. The molecule has 0 aromatic rings. The zero-order valence-corrected chi connectivity index (χ0v) is 14.3. The van der Waals surface area contributed by atoms with Crippen molar-refractivity contribution in [1.82, 2.24) is 9.80 Å². The molecule has 4 heteroatoms. The van der Waals surface area contributed by atoms with Crippen LogP contribution < -0.4 is 5.73 Å². The zero-order chi connectivity index (χ0) is 15.3. The highest BCUT2D eigenvalue weighted by molar-refractivity contribution is 4.95. The second kappa shape index (κ2) is 7.91. The van der Waals surface area contributed by atoms with E-state index in [4.69, 9.17) is 10.5 Å². The number of nitrogens with zero attached hydrogens (tertiary/aromatic N) is 2. The van der Waals surface area contributed by atoms with Crippen molar-refractivity contribution in [2.24, 2.45) is 5.73 Å². The smallest absolute Gasteiger partial charge is 0.0829 e. The van der Waals surface area contributed by atoms with Crippen molar-refractivity contribution < 1.29 is 4.74 Å². The topological polar surface area (TPSA) is 41.7 Å². The zero-order valence-electron chi connectivity index (χ0n) is 14.3. The van der Waals surface area contributed by atoms with Crippen molar-refractivity contribution in [2.45, 2.75) is 70.6 Å². The van der Waals surface area contributed by atoms with Gasteiger partial charge in [-0.15, -0.1) is 0 Å². The number of ether oxygens (including phenoxy) is 1. The molecule has 1 atom stereocenters. The first-order valence-corrected chi connectivity index (χ1v) is 8.92. The highest BCUT2D eigenvalue weighted by Gasteiger charge is 2.37. The van der Waals surface area contributed by atoms with E-state index in [0.717, 1.165) is 39.3 Å². The minimum atomic E-state index is 0.233. The average Bonchev–Trinajstić information content (AvgIpc) is 2.53. The molecule has 1 aliphatic carbocycles. The Bertz CT molecular complexity index is 302. The molecule has 4 nitrogen and oxygen atoms in total. The van der Waals surface area contributed by atoms with Gasteiger partial charge in [0, 0.05) is 37.8 Å². The fourth-order valence-corrected chi connectivity index (χ4v) is 4.08. The van der Waals surface area contributed by atoms with Gasteiger partial charge in [0.05, 0.1) is 12.7 Å². The molecule has 0 radical (unpaired) electrons. The molecular formula is C17H35N3O. The minimum Gasteiger partial charge on any atom is -0.374 e. The molecule has 21 heavy (non-hydrogen) atoms. The van der Waals surface area contributed by atoms with Gasteiger partial charge in [-0.3, -0.25) is 9.80 Å². The fourth-order valence-electron chi connectivity index (χ4n) is 4.08. The molecule has 2 rings (SSSR count). The number of likely N-dealkylation sites (N-methyl/N-ethyl adjacent to an activating group) is 1. The van der Waals surface area contributed by atoms with Crippen LogP contribution in [0.25, 0.3) is 0 Å². The Kier molecular flexibility index (Phi) is 6.48. The van der Waals surface area contributed by atoms with Gasteiger partial charge in [0.25, 0.3) is 0 Å². The van der Waals surface area contributed by atoms with Crippen molar-refractivity contribution in [2.75, 3.05) is 39.3 Å². The Morgan fingerprint density at radius 3 is 2.57 bits per heavy atom. The summed E-state index contributed by atoms with van der Waals surface area (Å²) in [4.78, 5) is 5.17. The average molecular weight is 297 g/mol. The van der Waals surface area contributed by atoms with Gasteiger partial charge in [0.2, 0.25) is 0 Å². The molecule has 1 aliphatic heterocycles. The summed E-state index contributed by atoms with van der Waals surface area (Å²) in [6.07, 6.45) is 6.90. The van der Waals surface area contributed by atoms with Crippen LogP contribution >= 0.6 is 0 Å². The molecule has 0 aromatic carbocycles. The number of morpholine rings is 1. The molecule has 0 aromatic heterocycles. The lowest BCUT2D eigenvalue weighted by molar-refractivity contribution is -0.0702. The summed E-state index contributed by atoms with van der Waals surface area (Å²) >= 11 is 0. The maximum absolute atomic E-state index is 6.20. The molecule has 2 aliphatic rings. The Balaban J connectivity index is 1.97. The van der Waals surface area contributed by atoms with E-state index in [-0.39, 0.29) is 5.54 Å². The van der Waals surface area contributed by atoms with Crippen LogP contribution in [-0.2, 0) is 4.74 Å². The van der Waals surface area contributed by atoms with Crippen LogP contribution in [0.4, 0.5) is 0 Å². The van der Waals surface area contributed by atoms with Crippen molar-refractivity contribution in [3.8, 4) is 0 Å². The molecule has 1 saturated heterocycles. The van der Waals surface area contributed by atoms with Gasteiger partial charge in [-0.1, -0.05) is 26.2 Å². The summed E-state index contributed by atoms with van der Waals surface area (Å²) in [6, 6.07) is 0.615. The predicted octanol–water partition coefficient (Wildman–Crippen LogP) is 2.08. The first-order valence-electron chi connectivity index (χ1n) is 8.92. The standard InChI is InChI=1S/C17H35N3O/c1-4-20(17(14-18)8-6-5-7-9-17)13-16-12-19(15(2)3)10-11-21-16/h15-16H,4-14,18H2,1-3H3. The van der Waals surface area contributed by atoms with E-state index in [1.807, 2.05) is 0 Å². The predicted molar refractivity (Wildman–Crippen MR) is 88.6 cm³/mol. The van der Waals surface area contributed by atoms with Crippen LogP contribution in [0.2, 0.25) is 0 Å². The maximum Gasteiger partial charge on any atom is 0.0829 e. The SMILES string of the molecule is CCN(CC1CN(C(C)C)CCO1)C1(CN)CCCCC1. The van der Waals surface area contributed by atoms with Gasteiger partial charge in [-0.05, 0) is 33.2 Å². The third kappa shape index (κ3) is 4.19. The number of nitrogens with two attached hydrogens (primary N) is 1. The van der Waals surface area contributed by atoms with Crippen molar-refractivity contribution in [3.63, 3.8) is 0 Å². The van der Waals surface area contributed by atoms with Gasteiger partial charge in [-0.2, -0.15) is 0 Å². The molecule has 1 unspecified atom stereocenters. The molecule has 1 saturated carbocycles. The Hall–Kier alpha value is -0.160. The summed E-state index contributed by atoms with van der Waals surface area (Å²) in [5.74, 6) is 0. The molecule has 0 bridgehead atoms. The molecule has 2 N–H and O–H groups in total. The first-order chi connectivity index (χ1) is 10.1. The molecule has 0 amide bonds. The van der Waals surface area contributed by atoms with E-state index in [9.17, 15) is 0 Å². The quantitative estimate of drug-likeness (QED) is 0.815. The lowest BCUT2D eigenvalue weighted by Crippen LogP contribution is -2.59. The fraction of sp³-hybridized carbons (Fsp3) is 1.00. The summed E-state index contributed by atoms with van der Waals surface area (Å²) in [5.41, 5.74) is 6.44. The minimum absolute atomic E-state index is 0.233. The van der Waals surface area contributed by atoms with E-state index in [1.165, 1.54) is 32.1 Å². The maximum atomic E-state index is 6.20. The first kappa shape index (κ1) is 17.2. The molecule has 124 valence electrons. The highest BCUT2D eigenvalue weighted by atomic mass is 16.5. The summed E-state index contributed by atoms with van der Waals surface area (Å²) in [5, 5.41) is 0. The Morgan fingerprint density at radius 1 is 1.29 bits per heavy atom. The van der Waals surface area contributed by atoms with Crippen molar-refractivity contribution in [3.05, 3.63) is 0 Å². The lowest BCUT2D eigenvalue weighted by Gasteiger charge is -2.48. The number of rotatable bonds is 6. The largest absolute Gasteiger partial charge is 0.374 e. The highest BCUT2D eigenvalue weighted by Crippen LogP contribution is 2.33. The van der Waals surface area contributed by atoms with E-state index >= 15 is 0 Å². The van der Waals surface area contributed by atoms with Crippen LogP contribution in [0.1, 0.15) is 52.9 Å². The summed E-state index contributed by atoms with van der Waals surface area (Å²) in [7, 11) is 0. The van der Waals surface area contributed by atoms with E-state index in [2.05, 4.69) is 30.6 Å². The summed E-state index contributed by atoms with van der Waals surface area (Å²) < 4.78 is 6.05. The van der Waals surface area contributed by atoms with Gasteiger partial charge < -0.3 is 10.5 Å². The van der Waals surface area contributed by atoms with Crippen molar-refractivity contribution in [1.29, 1.82) is 0 Å². The summed E-state index contributed by atoms with van der Waals surface area (Å²) in [6.45, 7) is 12.8. The van der Waals surface area contributed by atoms with Crippen LogP contribution in [0.5, 0.6) is 0 Å². The van der Waals surface area contributed by atoms with Crippen LogP contribution in [0, 0.1) is 0 Å². The third-order valence-electron chi connectivity index (χ3n) is 5.54. The Labute approximate surface area is 131 Å². The molecule has 1 heterocycles. The number of hydrogen-bond donors (Lipinski definition) is 1. The second-order valence-corrected chi connectivity index (χ2v) is 7.11.